The molecule has 0 spiro atoms. The van der Waals surface area contributed by atoms with Crippen molar-refractivity contribution in [2.75, 3.05) is 19.6 Å². The topological polar surface area (TPSA) is 74.6 Å². The van der Waals surface area contributed by atoms with Crippen molar-refractivity contribution < 1.29 is 4.79 Å². The summed E-state index contributed by atoms with van der Waals surface area (Å²) in [5, 5.41) is 11.9. The van der Waals surface area contributed by atoms with Crippen LogP contribution in [0.5, 0.6) is 0 Å². The van der Waals surface area contributed by atoms with Crippen molar-refractivity contribution >= 4 is 47.4 Å². The summed E-state index contributed by atoms with van der Waals surface area (Å²) in [5.74, 6) is 1.01. The zero-order chi connectivity index (χ0) is 20.8. The highest BCUT2D eigenvalue weighted by molar-refractivity contribution is 14.0. The first-order valence-corrected chi connectivity index (χ1v) is 10.5. The van der Waals surface area contributed by atoms with Gasteiger partial charge in [-0.1, -0.05) is 25.4 Å². The van der Waals surface area contributed by atoms with Crippen LogP contribution >= 0.6 is 35.6 Å². The molecule has 1 aromatic heterocycles. The Morgan fingerprint density at radius 1 is 1.33 bits per heavy atom. The van der Waals surface area contributed by atoms with Crippen molar-refractivity contribution in [1.82, 2.24) is 25.3 Å². The fraction of sp³-hybridized carbons (Fsp3) is 0.476. The lowest BCUT2D eigenvalue weighted by Crippen LogP contribution is -2.45. The number of halogens is 2. The average molecular weight is 545 g/mol. The Hall–Kier alpha value is -1.81. The normalized spacial score (nSPS) is 16.5. The van der Waals surface area contributed by atoms with E-state index in [1.165, 1.54) is 0 Å². The standard InChI is InChI=1S/C21H29ClN6O.HI/c1-4-23-21(26-18-9-10-27(14-18)20(29)15(2)3)24-11-16-12-25-28(13-16)19-7-5-17(22)6-8-19;/h5-8,12-13,15,18H,4,9-11,14H2,1-3H3,(H2,23,24,26);1H. The number of nitrogens with zero attached hydrogens (tertiary/aromatic N) is 4. The smallest absolute Gasteiger partial charge is 0.225 e. The third-order valence-electron chi connectivity index (χ3n) is 4.83. The average Bonchev–Trinajstić information content (AvgIpc) is 3.36. The van der Waals surface area contributed by atoms with Gasteiger partial charge < -0.3 is 15.5 Å². The molecule has 30 heavy (non-hydrogen) atoms. The van der Waals surface area contributed by atoms with Crippen LogP contribution in [-0.4, -0.2) is 52.2 Å². The molecule has 1 saturated heterocycles. The summed E-state index contributed by atoms with van der Waals surface area (Å²) in [5.41, 5.74) is 1.97. The first kappa shape index (κ1) is 24.5. The number of nitrogens with one attached hydrogen (secondary N) is 2. The number of carbonyl (C=O) groups is 1. The molecule has 2 aromatic rings. The third-order valence-corrected chi connectivity index (χ3v) is 5.08. The molecule has 2 N–H and O–H groups in total. The van der Waals surface area contributed by atoms with E-state index in [1.807, 2.05) is 67.0 Å². The lowest BCUT2D eigenvalue weighted by Gasteiger charge is -2.20. The first-order valence-electron chi connectivity index (χ1n) is 10.1. The summed E-state index contributed by atoms with van der Waals surface area (Å²) in [4.78, 5) is 18.8. The molecule has 0 bridgehead atoms. The Morgan fingerprint density at radius 2 is 2.07 bits per heavy atom. The van der Waals surface area contributed by atoms with E-state index in [2.05, 4.69) is 20.7 Å². The number of hydrogen-bond donors (Lipinski definition) is 2. The summed E-state index contributed by atoms with van der Waals surface area (Å²) in [6.07, 6.45) is 4.71. The van der Waals surface area contributed by atoms with Gasteiger partial charge in [-0.2, -0.15) is 5.10 Å². The van der Waals surface area contributed by atoms with Crippen molar-refractivity contribution in [3.63, 3.8) is 0 Å². The van der Waals surface area contributed by atoms with Gasteiger partial charge in [0.1, 0.15) is 0 Å². The summed E-state index contributed by atoms with van der Waals surface area (Å²) >= 11 is 5.95. The van der Waals surface area contributed by atoms with Crippen LogP contribution in [0.1, 0.15) is 32.8 Å². The molecule has 1 aromatic carbocycles. The Labute approximate surface area is 200 Å². The summed E-state index contributed by atoms with van der Waals surface area (Å²) in [6, 6.07) is 7.76. The number of guanidine groups is 1. The van der Waals surface area contributed by atoms with Crippen molar-refractivity contribution in [2.24, 2.45) is 10.9 Å². The Balaban J connectivity index is 0.00000320. The predicted octanol–water partition coefficient (Wildman–Crippen LogP) is 3.46. The van der Waals surface area contributed by atoms with Crippen molar-refractivity contribution in [1.29, 1.82) is 0 Å². The maximum atomic E-state index is 12.2. The van der Waals surface area contributed by atoms with E-state index in [9.17, 15) is 4.79 Å². The molecule has 0 aliphatic carbocycles. The second-order valence-corrected chi connectivity index (χ2v) is 7.97. The van der Waals surface area contributed by atoms with Gasteiger partial charge in [0.15, 0.2) is 5.96 Å². The predicted molar refractivity (Wildman–Crippen MR) is 132 cm³/mol. The van der Waals surface area contributed by atoms with Gasteiger partial charge >= 0.3 is 0 Å². The molecule has 1 atom stereocenters. The maximum absolute atomic E-state index is 12.2. The summed E-state index contributed by atoms with van der Waals surface area (Å²) < 4.78 is 1.81. The minimum Gasteiger partial charge on any atom is -0.357 e. The van der Waals surface area contributed by atoms with Gasteiger partial charge in [-0.3, -0.25) is 4.79 Å². The molecular weight excluding hydrogens is 515 g/mol. The van der Waals surface area contributed by atoms with Gasteiger partial charge in [0, 0.05) is 48.4 Å². The monoisotopic (exact) mass is 544 g/mol. The van der Waals surface area contributed by atoms with Crippen molar-refractivity contribution in [3.8, 4) is 5.69 Å². The minimum atomic E-state index is 0. The molecule has 1 aliphatic rings. The van der Waals surface area contributed by atoms with Crippen LogP contribution < -0.4 is 10.6 Å². The quantitative estimate of drug-likeness (QED) is 0.332. The van der Waals surface area contributed by atoms with Crippen LogP contribution in [0.2, 0.25) is 5.02 Å². The van der Waals surface area contributed by atoms with Gasteiger partial charge in [0.25, 0.3) is 0 Å². The highest BCUT2D eigenvalue weighted by Crippen LogP contribution is 2.14. The van der Waals surface area contributed by atoms with E-state index in [-0.39, 0.29) is 41.8 Å². The van der Waals surface area contributed by atoms with E-state index >= 15 is 0 Å². The largest absolute Gasteiger partial charge is 0.357 e. The van der Waals surface area contributed by atoms with Crippen molar-refractivity contribution in [2.45, 2.75) is 39.8 Å². The van der Waals surface area contributed by atoms with E-state index in [4.69, 9.17) is 11.6 Å². The molecular formula is C21H30ClIN6O. The number of benzene rings is 1. The second-order valence-electron chi connectivity index (χ2n) is 7.53. The molecule has 3 rings (SSSR count). The zero-order valence-corrected chi connectivity index (χ0v) is 20.7. The van der Waals surface area contributed by atoms with E-state index in [0.29, 0.717) is 11.6 Å². The van der Waals surface area contributed by atoms with Crippen LogP contribution in [0.4, 0.5) is 0 Å². The van der Waals surface area contributed by atoms with Gasteiger partial charge in [-0.05, 0) is 37.6 Å². The maximum Gasteiger partial charge on any atom is 0.225 e. The Morgan fingerprint density at radius 3 is 2.73 bits per heavy atom. The van der Waals surface area contributed by atoms with E-state index in [1.54, 1.807) is 0 Å². The van der Waals surface area contributed by atoms with Crippen LogP contribution in [0.15, 0.2) is 41.7 Å². The molecule has 0 saturated carbocycles. The summed E-state index contributed by atoms with van der Waals surface area (Å²) in [6.45, 7) is 8.73. The Kier molecular flexibility index (Phi) is 9.41. The van der Waals surface area contributed by atoms with Gasteiger partial charge in [-0.25, -0.2) is 9.67 Å². The molecule has 1 fully saturated rings. The van der Waals surface area contributed by atoms with Crippen LogP contribution in [-0.2, 0) is 11.3 Å². The fourth-order valence-corrected chi connectivity index (χ4v) is 3.43. The number of carbonyl (C=O) groups excluding carboxylic acids is 1. The number of likely N-dealkylation sites (tertiary alicyclic amines) is 1. The minimum absolute atomic E-state index is 0. The second kappa shape index (κ2) is 11.5. The van der Waals surface area contributed by atoms with Crippen LogP contribution in [0.25, 0.3) is 5.69 Å². The number of hydrogen-bond acceptors (Lipinski definition) is 3. The first-order chi connectivity index (χ1) is 14.0. The van der Waals surface area contributed by atoms with Gasteiger partial charge in [0.05, 0.1) is 18.4 Å². The Bertz CT molecular complexity index is 851. The van der Waals surface area contributed by atoms with Crippen LogP contribution in [0.3, 0.4) is 0 Å². The third kappa shape index (κ3) is 6.60. The lowest BCUT2D eigenvalue weighted by atomic mass is 10.2. The molecule has 1 unspecified atom stereocenters. The lowest BCUT2D eigenvalue weighted by molar-refractivity contribution is -0.133. The van der Waals surface area contributed by atoms with E-state index < -0.39 is 0 Å². The van der Waals surface area contributed by atoms with Gasteiger partial charge in [-0.15, -0.1) is 24.0 Å². The zero-order valence-electron chi connectivity index (χ0n) is 17.6. The molecule has 2 heterocycles. The summed E-state index contributed by atoms with van der Waals surface area (Å²) in [7, 11) is 0. The number of aromatic nitrogens is 2. The molecule has 9 heteroatoms. The van der Waals surface area contributed by atoms with E-state index in [0.717, 1.165) is 43.3 Å². The molecule has 164 valence electrons. The van der Waals surface area contributed by atoms with Crippen LogP contribution in [0, 0.1) is 5.92 Å². The molecule has 1 amide bonds. The SMILES string of the molecule is CCNC(=NCc1cnn(-c2ccc(Cl)cc2)c1)NC1CCN(C(=O)C(C)C)C1.I. The van der Waals surface area contributed by atoms with Crippen molar-refractivity contribution in [3.05, 3.63) is 47.2 Å². The molecule has 1 aliphatic heterocycles. The highest BCUT2D eigenvalue weighted by Gasteiger charge is 2.27. The molecule has 0 radical (unpaired) electrons. The fourth-order valence-electron chi connectivity index (χ4n) is 3.30. The number of amides is 1. The number of aliphatic imine (C=N–C) groups is 1. The van der Waals surface area contributed by atoms with Gasteiger partial charge in [0.2, 0.25) is 5.91 Å². The molecule has 7 nitrogen and oxygen atoms in total. The highest BCUT2D eigenvalue weighted by atomic mass is 127. The number of rotatable bonds is 6.